The van der Waals surface area contributed by atoms with Crippen molar-refractivity contribution in [1.29, 1.82) is 0 Å². The average Bonchev–Trinajstić information content (AvgIpc) is 3.01. The van der Waals surface area contributed by atoms with Gasteiger partial charge in [0, 0.05) is 5.02 Å². The molecule has 2 rings (SSSR count). The van der Waals surface area contributed by atoms with Crippen LogP contribution < -0.4 is 5.32 Å². The van der Waals surface area contributed by atoms with Gasteiger partial charge in [-0.15, -0.1) is 0 Å². The predicted octanol–water partition coefficient (Wildman–Crippen LogP) is 4.18. The van der Waals surface area contributed by atoms with Crippen LogP contribution in [0, 0.1) is 0 Å². The van der Waals surface area contributed by atoms with Crippen molar-refractivity contribution in [3.05, 3.63) is 40.7 Å². The highest BCUT2D eigenvalue weighted by Crippen LogP contribution is 2.31. The number of fused-ring (bicyclic) bond motifs is 1. The first-order valence-corrected chi connectivity index (χ1v) is 9.45. The molecular weight excluding hydrogens is 423 g/mol. The zero-order valence-corrected chi connectivity index (χ0v) is 17.7. The third kappa shape index (κ3) is 6.62. The van der Waals surface area contributed by atoms with Crippen LogP contribution in [0.25, 0.3) is 11.1 Å². The minimum Gasteiger partial charge on any atom is -0.460 e. The number of hydrogen-bond donors (Lipinski definition) is 2. The summed E-state index contributed by atoms with van der Waals surface area (Å²) in [6.07, 6.45) is -1.31. The molecule has 1 aromatic carbocycles. The lowest BCUT2D eigenvalue weighted by atomic mass is 10.1. The van der Waals surface area contributed by atoms with Gasteiger partial charge in [0.25, 0.3) is 0 Å². The zero-order valence-electron chi connectivity index (χ0n) is 16.2. The van der Waals surface area contributed by atoms with E-state index in [0.29, 0.717) is 10.5 Å². The zero-order chi connectivity index (χ0) is 21.8. The second-order valence-electron chi connectivity index (χ2n) is 7.16. The molecule has 1 unspecified atom stereocenters. The Labute approximate surface area is 177 Å². The lowest BCUT2D eigenvalue weighted by Crippen LogP contribution is -2.42. The van der Waals surface area contributed by atoms with Crippen LogP contribution in [0.5, 0.6) is 0 Å². The molecule has 158 valence electrons. The molecule has 0 aliphatic rings. The standard InChI is InChI=1S/C19H22Cl2N2O6/c1-5-6-27-18(26)23-12(9-14(24)29-19(2,3)4)15(25)17-22-13-8-10(20)7-11(21)16(13)28-17/h5,7-8,12,15,25H,1,6,9H2,2-4H3,(H,23,26)/t12-,15?/m0/s1. The maximum absolute atomic E-state index is 12.2. The quantitative estimate of drug-likeness (QED) is 0.486. The lowest BCUT2D eigenvalue weighted by Gasteiger charge is -2.24. The van der Waals surface area contributed by atoms with Gasteiger partial charge in [0.1, 0.15) is 17.7 Å². The number of amides is 1. The molecule has 10 heteroatoms. The number of halogens is 2. The number of esters is 1. The van der Waals surface area contributed by atoms with Crippen LogP contribution in [0.15, 0.2) is 29.2 Å². The van der Waals surface area contributed by atoms with Crippen molar-refractivity contribution in [3.63, 3.8) is 0 Å². The molecule has 0 saturated heterocycles. The molecule has 0 bridgehead atoms. The molecule has 2 atom stereocenters. The molecule has 0 radical (unpaired) electrons. The second kappa shape index (κ2) is 9.47. The molecule has 2 N–H and O–H groups in total. The normalized spacial score (nSPS) is 13.6. The van der Waals surface area contributed by atoms with Gasteiger partial charge in [0.05, 0.1) is 17.5 Å². The van der Waals surface area contributed by atoms with Gasteiger partial charge < -0.3 is 24.3 Å². The Bertz CT molecular complexity index is 906. The van der Waals surface area contributed by atoms with Crippen LogP contribution in [-0.2, 0) is 14.3 Å². The Morgan fingerprint density at radius 3 is 2.69 bits per heavy atom. The maximum Gasteiger partial charge on any atom is 0.407 e. The van der Waals surface area contributed by atoms with Crippen LogP contribution in [-0.4, -0.2) is 40.4 Å². The van der Waals surface area contributed by atoms with E-state index in [4.69, 9.17) is 37.1 Å². The largest absolute Gasteiger partial charge is 0.460 e. The van der Waals surface area contributed by atoms with E-state index in [1.54, 1.807) is 20.8 Å². The number of aromatic nitrogens is 1. The van der Waals surface area contributed by atoms with Crippen LogP contribution in [0.1, 0.15) is 39.2 Å². The minimum atomic E-state index is -1.49. The van der Waals surface area contributed by atoms with Crippen molar-refractivity contribution in [2.24, 2.45) is 0 Å². The summed E-state index contributed by atoms with van der Waals surface area (Å²) in [5.41, 5.74) is -0.199. The highest BCUT2D eigenvalue weighted by Gasteiger charge is 2.32. The fourth-order valence-electron chi connectivity index (χ4n) is 2.41. The monoisotopic (exact) mass is 444 g/mol. The number of alkyl carbamates (subject to hydrolysis) is 1. The van der Waals surface area contributed by atoms with Gasteiger partial charge in [0.15, 0.2) is 11.7 Å². The number of aliphatic hydroxyl groups excluding tert-OH is 1. The molecule has 29 heavy (non-hydrogen) atoms. The van der Waals surface area contributed by atoms with Gasteiger partial charge in [0.2, 0.25) is 5.89 Å². The van der Waals surface area contributed by atoms with Crippen LogP contribution >= 0.6 is 23.2 Å². The van der Waals surface area contributed by atoms with E-state index >= 15 is 0 Å². The molecule has 0 fully saturated rings. The van der Waals surface area contributed by atoms with E-state index in [9.17, 15) is 14.7 Å². The summed E-state index contributed by atoms with van der Waals surface area (Å²) in [5.74, 6) is -0.787. The van der Waals surface area contributed by atoms with Gasteiger partial charge in [-0.25, -0.2) is 9.78 Å². The highest BCUT2D eigenvalue weighted by molar-refractivity contribution is 6.37. The van der Waals surface area contributed by atoms with Gasteiger partial charge >= 0.3 is 12.1 Å². The summed E-state index contributed by atoms with van der Waals surface area (Å²) < 4.78 is 15.7. The third-order valence-corrected chi connectivity index (χ3v) is 4.00. The van der Waals surface area contributed by atoms with E-state index in [2.05, 4.69) is 16.9 Å². The summed E-state index contributed by atoms with van der Waals surface area (Å²) in [5, 5.41) is 13.7. The SMILES string of the molecule is C=CCOC(=O)N[C@@H](CC(=O)OC(C)(C)C)C(O)c1nc2cc(Cl)cc(Cl)c2o1. The van der Waals surface area contributed by atoms with Crippen LogP contribution in [0.3, 0.4) is 0 Å². The van der Waals surface area contributed by atoms with Crippen molar-refractivity contribution in [3.8, 4) is 0 Å². The number of oxazole rings is 1. The molecule has 0 saturated carbocycles. The molecule has 0 aliphatic heterocycles. The summed E-state index contributed by atoms with van der Waals surface area (Å²) in [7, 11) is 0. The van der Waals surface area contributed by atoms with Crippen LogP contribution in [0.2, 0.25) is 10.0 Å². The van der Waals surface area contributed by atoms with Gasteiger partial charge in [-0.2, -0.15) is 0 Å². The van der Waals surface area contributed by atoms with Crippen molar-refractivity contribution in [2.45, 2.75) is 44.9 Å². The number of carbonyl (C=O) groups is 2. The molecule has 0 aliphatic carbocycles. The molecule has 2 aromatic rings. The van der Waals surface area contributed by atoms with Crippen LogP contribution in [0.4, 0.5) is 4.79 Å². The smallest absolute Gasteiger partial charge is 0.407 e. The van der Waals surface area contributed by atoms with Crippen molar-refractivity contribution >= 4 is 46.4 Å². The summed E-state index contributed by atoms with van der Waals surface area (Å²) in [6, 6.07) is 1.84. The first kappa shape index (κ1) is 23.0. The van der Waals surface area contributed by atoms with E-state index < -0.39 is 29.8 Å². The fourth-order valence-corrected chi connectivity index (χ4v) is 2.93. The number of nitrogens with zero attached hydrogens (tertiary/aromatic N) is 1. The Balaban J connectivity index is 2.28. The third-order valence-electron chi connectivity index (χ3n) is 3.50. The van der Waals surface area contributed by atoms with Crippen molar-refractivity contribution < 1.29 is 28.6 Å². The number of aliphatic hydroxyl groups is 1. The molecule has 8 nitrogen and oxygen atoms in total. The first-order valence-electron chi connectivity index (χ1n) is 8.69. The summed E-state index contributed by atoms with van der Waals surface area (Å²) >= 11 is 12.0. The summed E-state index contributed by atoms with van der Waals surface area (Å²) in [4.78, 5) is 28.4. The van der Waals surface area contributed by atoms with Gasteiger partial charge in [-0.3, -0.25) is 4.79 Å². The molecular formula is C19H22Cl2N2O6. The molecule has 1 aromatic heterocycles. The predicted molar refractivity (Wildman–Crippen MR) is 108 cm³/mol. The maximum atomic E-state index is 12.2. The average molecular weight is 445 g/mol. The van der Waals surface area contributed by atoms with Gasteiger partial charge in [-0.1, -0.05) is 35.9 Å². The molecule has 1 heterocycles. The van der Waals surface area contributed by atoms with Gasteiger partial charge in [-0.05, 0) is 32.9 Å². The number of benzene rings is 1. The number of nitrogens with one attached hydrogen (secondary N) is 1. The van der Waals surface area contributed by atoms with Crippen molar-refractivity contribution in [1.82, 2.24) is 10.3 Å². The highest BCUT2D eigenvalue weighted by atomic mass is 35.5. The first-order chi connectivity index (χ1) is 13.5. The fraction of sp³-hybridized carbons (Fsp3) is 0.421. The number of rotatable bonds is 7. The van der Waals surface area contributed by atoms with E-state index in [1.807, 2.05) is 0 Å². The second-order valence-corrected chi connectivity index (χ2v) is 8.00. The Kier molecular flexibility index (Phi) is 7.51. The summed E-state index contributed by atoms with van der Waals surface area (Å²) in [6.45, 7) is 8.51. The minimum absolute atomic E-state index is 0.0436. The Morgan fingerprint density at radius 2 is 2.07 bits per heavy atom. The van der Waals surface area contributed by atoms with E-state index in [1.165, 1.54) is 18.2 Å². The number of ether oxygens (including phenoxy) is 2. The van der Waals surface area contributed by atoms with E-state index in [-0.39, 0.29) is 29.5 Å². The van der Waals surface area contributed by atoms with Crippen molar-refractivity contribution in [2.75, 3.05) is 6.61 Å². The molecule has 1 amide bonds. The number of carbonyl (C=O) groups excluding carboxylic acids is 2. The Morgan fingerprint density at radius 1 is 1.38 bits per heavy atom. The Hall–Kier alpha value is -2.29. The molecule has 0 spiro atoms. The number of hydrogen-bond acceptors (Lipinski definition) is 7. The van der Waals surface area contributed by atoms with E-state index in [0.717, 1.165) is 0 Å². The lowest BCUT2D eigenvalue weighted by molar-refractivity contribution is -0.156. The topological polar surface area (TPSA) is 111 Å².